The fourth-order valence-electron chi connectivity index (χ4n) is 3.88. The predicted molar refractivity (Wildman–Crippen MR) is 92.5 cm³/mol. The predicted octanol–water partition coefficient (Wildman–Crippen LogP) is 3.64. The number of aromatic nitrogens is 2. The number of aromatic amines is 1. The first kappa shape index (κ1) is 15.5. The van der Waals surface area contributed by atoms with Crippen LogP contribution in [-0.2, 0) is 6.54 Å². The first-order chi connectivity index (χ1) is 11.7. The second-order valence-electron chi connectivity index (χ2n) is 7.12. The molecule has 5 nitrogen and oxygen atoms in total. The zero-order chi connectivity index (χ0) is 16.5. The average molecular weight is 327 g/mol. The molecule has 0 spiro atoms. The van der Waals surface area contributed by atoms with Crippen molar-refractivity contribution in [2.45, 2.75) is 45.1 Å². The molecule has 1 fully saturated rings. The molecule has 0 bridgehead atoms. The standard InChI is InChI=1S/C19H25N3O2/c1-13(2)16-9-20-21-18(16)14-6-4-8-22(10-14)11-15-5-3-7-17-19(15)24-12-23-17/h3,5,7,9,13-14H,4,6,8,10-12H2,1-2H3,(H,20,21). The molecule has 1 unspecified atom stereocenters. The summed E-state index contributed by atoms with van der Waals surface area (Å²) in [7, 11) is 0. The Balaban J connectivity index is 1.50. The zero-order valence-electron chi connectivity index (χ0n) is 14.4. The molecule has 5 heteroatoms. The molecule has 1 aromatic carbocycles. The Morgan fingerprint density at radius 1 is 1.33 bits per heavy atom. The highest BCUT2D eigenvalue weighted by molar-refractivity contribution is 5.48. The summed E-state index contributed by atoms with van der Waals surface area (Å²) in [6, 6.07) is 6.17. The number of para-hydroxylation sites is 1. The van der Waals surface area contributed by atoms with Crippen LogP contribution >= 0.6 is 0 Å². The number of benzene rings is 1. The average Bonchev–Trinajstić information content (AvgIpc) is 3.25. The van der Waals surface area contributed by atoms with Crippen molar-refractivity contribution in [1.82, 2.24) is 15.1 Å². The van der Waals surface area contributed by atoms with Gasteiger partial charge in [0.25, 0.3) is 0 Å². The fraction of sp³-hybridized carbons (Fsp3) is 0.526. The normalized spacial score (nSPS) is 20.7. The van der Waals surface area contributed by atoms with E-state index in [0.29, 0.717) is 18.6 Å². The lowest BCUT2D eigenvalue weighted by Crippen LogP contribution is -2.34. The number of H-pyrrole nitrogens is 1. The van der Waals surface area contributed by atoms with Crippen molar-refractivity contribution in [3.63, 3.8) is 0 Å². The van der Waals surface area contributed by atoms with E-state index in [1.54, 1.807) is 0 Å². The van der Waals surface area contributed by atoms with Crippen molar-refractivity contribution in [2.75, 3.05) is 19.9 Å². The van der Waals surface area contributed by atoms with Crippen molar-refractivity contribution in [3.8, 4) is 11.5 Å². The SMILES string of the molecule is CC(C)c1cn[nH]c1C1CCCN(Cc2cccc3c2OCO3)C1. The van der Waals surface area contributed by atoms with E-state index in [9.17, 15) is 0 Å². The number of nitrogens with zero attached hydrogens (tertiary/aromatic N) is 2. The third-order valence-corrected chi connectivity index (χ3v) is 5.11. The molecule has 1 saturated heterocycles. The lowest BCUT2D eigenvalue weighted by molar-refractivity contribution is 0.168. The Morgan fingerprint density at radius 2 is 2.25 bits per heavy atom. The van der Waals surface area contributed by atoms with Crippen LogP contribution in [0, 0.1) is 0 Å². The third-order valence-electron chi connectivity index (χ3n) is 5.11. The monoisotopic (exact) mass is 327 g/mol. The number of hydrogen-bond acceptors (Lipinski definition) is 4. The second-order valence-corrected chi connectivity index (χ2v) is 7.12. The van der Waals surface area contributed by atoms with Gasteiger partial charge in [-0.1, -0.05) is 26.0 Å². The minimum Gasteiger partial charge on any atom is -0.454 e. The van der Waals surface area contributed by atoms with Crippen molar-refractivity contribution in [2.24, 2.45) is 0 Å². The van der Waals surface area contributed by atoms with E-state index in [2.05, 4.69) is 41.1 Å². The van der Waals surface area contributed by atoms with Crippen molar-refractivity contribution < 1.29 is 9.47 Å². The molecular weight excluding hydrogens is 302 g/mol. The van der Waals surface area contributed by atoms with Crippen LogP contribution in [0.2, 0.25) is 0 Å². The Labute approximate surface area is 143 Å². The summed E-state index contributed by atoms with van der Waals surface area (Å²) >= 11 is 0. The van der Waals surface area contributed by atoms with E-state index in [0.717, 1.165) is 31.1 Å². The first-order valence-electron chi connectivity index (χ1n) is 8.85. The van der Waals surface area contributed by atoms with Crippen LogP contribution < -0.4 is 9.47 Å². The van der Waals surface area contributed by atoms with Gasteiger partial charge in [0.2, 0.25) is 6.79 Å². The minimum absolute atomic E-state index is 0.334. The van der Waals surface area contributed by atoms with Gasteiger partial charge in [-0.05, 0) is 36.9 Å². The molecule has 0 radical (unpaired) electrons. The van der Waals surface area contributed by atoms with Gasteiger partial charge in [0.15, 0.2) is 11.5 Å². The van der Waals surface area contributed by atoms with Crippen molar-refractivity contribution >= 4 is 0 Å². The number of likely N-dealkylation sites (tertiary alicyclic amines) is 1. The lowest BCUT2D eigenvalue weighted by Gasteiger charge is -2.33. The summed E-state index contributed by atoms with van der Waals surface area (Å²) in [6.07, 6.45) is 4.44. The molecule has 1 atom stereocenters. The molecule has 4 rings (SSSR count). The van der Waals surface area contributed by atoms with E-state index < -0.39 is 0 Å². The fourth-order valence-corrected chi connectivity index (χ4v) is 3.88. The molecule has 0 saturated carbocycles. The Hall–Kier alpha value is -2.01. The van der Waals surface area contributed by atoms with E-state index in [1.165, 1.54) is 29.7 Å². The van der Waals surface area contributed by atoms with Gasteiger partial charge in [-0.15, -0.1) is 0 Å². The number of piperidine rings is 1. The van der Waals surface area contributed by atoms with Crippen LogP contribution in [0.15, 0.2) is 24.4 Å². The molecule has 0 aliphatic carbocycles. The Kier molecular flexibility index (Phi) is 4.19. The highest BCUT2D eigenvalue weighted by Crippen LogP contribution is 2.37. The van der Waals surface area contributed by atoms with Gasteiger partial charge in [-0.25, -0.2) is 0 Å². The third kappa shape index (κ3) is 2.88. The minimum atomic E-state index is 0.334. The zero-order valence-corrected chi connectivity index (χ0v) is 14.4. The number of nitrogens with one attached hydrogen (secondary N) is 1. The molecular formula is C19H25N3O2. The summed E-state index contributed by atoms with van der Waals surface area (Å²) in [5.41, 5.74) is 3.91. The molecule has 2 aliphatic heterocycles. The summed E-state index contributed by atoms with van der Waals surface area (Å²) in [5.74, 6) is 2.84. The Morgan fingerprint density at radius 3 is 3.12 bits per heavy atom. The largest absolute Gasteiger partial charge is 0.454 e. The van der Waals surface area contributed by atoms with Gasteiger partial charge in [-0.3, -0.25) is 10.00 Å². The molecule has 128 valence electrons. The second kappa shape index (κ2) is 6.48. The number of ether oxygens (including phenoxy) is 2. The molecule has 3 heterocycles. The van der Waals surface area contributed by atoms with Crippen LogP contribution in [0.5, 0.6) is 11.5 Å². The van der Waals surface area contributed by atoms with Crippen LogP contribution in [0.25, 0.3) is 0 Å². The first-order valence-corrected chi connectivity index (χ1v) is 8.85. The van der Waals surface area contributed by atoms with Crippen molar-refractivity contribution in [3.05, 3.63) is 41.2 Å². The van der Waals surface area contributed by atoms with Gasteiger partial charge >= 0.3 is 0 Å². The maximum atomic E-state index is 5.66. The highest BCUT2D eigenvalue weighted by Gasteiger charge is 2.27. The number of hydrogen-bond donors (Lipinski definition) is 1. The van der Waals surface area contributed by atoms with Crippen LogP contribution in [0.3, 0.4) is 0 Å². The summed E-state index contributed by atoms with van der Waals surface area (Å²) in [4.78, 5) is 2.52. The van der Waals surface area contributed by atoms with E-state index in [4.69, 9.17) is 9.47 Å². The van der Waals surface area contributed by atoms with Crippen LogP contribution in [0.1, 0.15) is 55.3 Å². The summed E-state index contributed by atoms with van der Waals surface area (Å²) in [6.45, 7) is 7.91. The van der Waals surface area contributed by atoms with Crippen LogP contribution in [0.4, 0.5) is 0 Å². The molecule has 24 heavy (non-hydrogen) atoms. The van der Waals surface area contributed by atoms with Crippen molar-refractivity contribution in [1.29, 1.82) is 0 Å². The summed E-state index contributed by atoms with van der Waals surface area (Å²) < 4.78 is 11.2. The maximum Gasteiger partial charge on any atom is 0.231 e. The van der Waals surface area contributed by atoms with Crippen LogP contribution in [-0.4, -0.2) is 35.0 Å². The van der Waals surface area contributed by atoms with E-state index in [1.807, 2.05) is 12.3 Å². The molecule has 1 aromatic heterocycles. The van der Waals surface area contributed by atoms with E-state index >= 15 is 0 Å². The Bertz CT molecular complexity index is 710. The lowest BCUT2D eigenvalue weighted by atomic mass is 9.89. The molecule has 2 aliphatic rings. The number of rotatable bonds is 4. The topological polar surface area (TPSA) is 50.4 Å². The van der Waals surface area contributed by atoms with E-state index in [-0.39, 0.29) is 0 Å². The van der Waals surface area contributed by atoms with Gasteiger partial charge in [0, 0.05) is 30.3 Å². The number of fused-ring (bicyclic) bond motifs is 1. The van der Waals surface area contributed by atoms with Gasteiger partial charge in [-0.2, -0.15) is 5.10 Å². The van der Waals surface area contributed by atoms with Gasteiger partial charge in [0.05, 0.1) is 6.20 Å². The maximum absolute atomic E-state index is 5.66. The van der Waals surface area contributed by atoms with Gasteiger partial charge < -0.3 is 9.47 Å². The smallest absolute Gasteiger partial charge is 0.231 e. The highest BCUT2D eigenvalue weighted by atomic mass is 16.7. The molecule has 0 amide bonds. The quantitative estimate of drug-likeness (QED) is 0.931. The molecule has 2 aromatic rings. The van der Waals surface area contributed by atoms with Gasteiger partial charge in [0.1, 0.15) is 0 Å². The molecule has 1 N–H and O–H groups in total. The summed E-state index contributed by atoms with van der Waals surface area (Å²) in [5, 5.41) is 7.56.